The molecule has 5 heteroatoms. The SMILES string of the molecule is CC(C)(C)CC(N)CNc1nccn(C2CC2)c1=O. The summed E-state index contributed by atoms with van der Waals surface area (Å²) in [6.07, 6.45) is 6.53. The van der Waals surface area contributed by atoms with E-state index in [-0.39, 0.29) is 17.0 Å². The van der Waals surface area contributed by atoms with Crippen molar-refractivity contribution in [3.8, 4) is 0 Å². The van der Waals surface area contributed by atoms with Crippen LogP contribution in [0.25, 0.3) is 0 Å². The Labute approximate surface area is 114 Å². The second-order valence-corrected chi connectivity index (χ2v) is 6.63. The van der Waals surface area contributed by atoms with Crippen molar-refractivity contribution in [3.05, 3.63) is 22.7 Å². The molecule has 1 heterocycles. The van der Waals surface area contributed by atoms with Gasteiger partial charge in [-0.15, -0.1) is 0 Å². The lowest BCUT2D eigenvalue weighted by molar-refractivity contribution is 0.344. The average Bonchev–Trinajstić information content (AvgIpc) is 3.09. The van der Waals surface area contributed by atoms with Crippen molar-refractivity contribution in [1.82, 2.24) is 9.55 Å². The number of nitrogens with zero attached hydrogens (tertiary/aromatic N) is 2. The number of nitrogens with one attached hydrogen (secondary N) is 1. The van der Waals surface area contributed by atoms with E-state index in [1.54, 1.807) is 17.0 Å². The fourth-order valence-electron chi connectivity index (χ4n) is 2.27. The van der Waals surface area contributed by atoms with Gasteiger partial charge in [-0.3, -0.25) is 4.79 Å². The second kappa shape index (κ2) is 5.33. The van der Waals surface area contributed by atoms with Gasteiger partial charge in [-0.2, -0.15) is 0 Å². The summed E-state index contributed by atoms with van der Waals surface area (Å²) in [4.78, 5) is 16.3. The first-order valence-electron chi connectivity index (χ1n) is 6.93. The summed E-state index contributed by atoms with van der Waals surface area (Å²) in [5, 5.41) is 3.09. The summed E-state index contributed by atoms with van der Waals surface area (Å²) in [5.41, 5.74) is 6.23. The maximum atomic E-state index is 12.1. The molecule has 1 unspecified atom stereocenters. The maximum absolute atomic E-state index is 12.1. The zero-order chi connectivity index (χ0) is 14.0. The molecule has 0 radical (unpaired) electrons. The zero-order valence-electron chi connectivity index (χ0n) is 12.0. The molecule has 1 fully saturated rings. The largest absolute Gasteiger partial charge is 0.364 e. The summed E-state index contributed by atoms with van der Waals surface area (Å²) in [7, 11) is 0. The van der Waals surface area contributed by atoms with E-state index in [1.807, 2.05) is 0 Å². The van der Waals surface area contributed by atoms with Crippen molar-refractivity contribution >= 4 is 5.82 Å². The number of anilines is 1. The van der Waals surface area contributed by atoms with Crippen molar-refractivity contribution in [2.45, 2.75) is 52.1 Å². The Morgan fingerprint density at radius 3 is 2.79 bits per heavy atom. The lowest BCUT2D eigenvalue weighted by Gasteiger charge is -2.23. The Morgan fingerprint density at radius 1 is 1.53 bits per heavy atom. The van der Waals surface area contributed by atoms with Crippen LogP contribution in [0.3, 0.4) is 0 Å². The molecule has 5 nitrogen and oxygen atoms in total. The lowest BCUT2D eigenvalue weighted by Crippen LogP contribution is -2.35. The third-order valence-electron chi connectivity index (χ3n) is 3.21. The van der Waals surface area contributed by atoms with Crippen molar-refractivity contribution in [1.29, 1.82) is 0 Å². The van der Waals surface area contributed by atoms with Crippen molar-refractivity contribution in [2.75, 3.05) is 11.9 Å². The van der Waals surface area contributed by atoms with Gasteiger partial charge in [0.15, 0.2) is 5.82 Å². The van der Waals surface area contributed by atoms with Gasteiger partial charge >= 0.3 is 0 Å². The van der Waals surface area contributed by atoms with E-state index in [4.69, 9.17) is 5.73 Å². The van der Waals surface area contributed by atoms with E-state index in [0.29, 0.717) is 18.4 Å². The predicted octanol–water partition coefficient (Wildman–Crippen LogP) is 1.75. The van der Waals surface area contributed by atoms with Gasteiger partial charge in [0.2, 0.25) is 0 Å². The van der Waals surface area contributed by atoms with E-state index in [9.17, 15) is 4.79 Å². The summed E-state index contributed by atoms with van der Waals surface area (Å²) < 4.78 is 1.77. The molecular formula is C14H24N4O. The maximum Gasteiger partial charge on any atom is 0.293 e. The van der Waals surface area contributed by atoms with Crippen molar-refractivity contribution < 1.29 is 0 Å². The van der Waals surface area contributed by atoms with E-state index >= 15 is 0 Å². The molecule has 106 valence electrons. The van der Waals surface area contributed by atoms with Gasteiger partial charge < -0.3 is 15.6 Å². The molecule has 0 aliphatic heterocycles. The van der Waals surface area contributed by atoms with Gasteiger partial charge in [-0.25, -0.2) is 4.98 Å². The first-order valence-corrected chi connectivity index (χ1v) is 6.93. The Balaban J connectivity index is 1.96. The minimum absolute atomic E-state index is 0.0239. The molecule has 1 aliphatic rings. The van der Waals surface area contributed by atoms with Crippen LogP contribution in [0.2, 0.25) is 0 Å². The van der Waals surface area contributed by atoms with Gasteiger partial charge in [-0.05, 0) is 24.7 Å². The zero-order valence-corrected chi connectivity index (χ0v) is 12.0. The van der Waals surface area contributed by atoms with E-state index in [2.05, 4.69) is 31.1 Å². The monoisotopic (exact) mass is 264 g/mol. The number of aromatic nitrogens is 2. The Morgan fingerprint density at radius 2 is 2.21 bits per heavy atom. The van der Waals surface area contributed by atoms with E-state index in [1.165, 1.54) is 0 Å². The molecule has 0 amide bonds. The Hall–Kier alpha value is -1.36. The molecule has 0 aromatic carbocycles. The molecule has 19 heavy (non-hydrogen) atoms. The number of hydrogen-bond donors (Lipinski definition) is 2. The minimum atomic E-state index is -0.0343. The molecule has 1 aromatic heterocycles. The molecule has 3 N–H and O–H groups in total. The minimum Gasteiger partial charge on any atom is -0.364 e. The molecule has 2 rings (SSSR count). The van der Waals surface area contributed by atoms with Crippen LogP contribution in [0.1, 0.15) is 46.1 Å². The standard InChI is InChI=1S/C14H24N4O/c1-14(2,3)8-10(15)9-17-12-13(19)18(7-6-16-12)11-4-5-11/h6-7,10-11H,4-5,8-9,15H2,1-3H3,(H,16,17). The quantitative estimate of drug-likeness (QED) is 0.850. The highest BCUT2D eigenvalue weighted by molar-refractivity contribution is 5.31. The molecule has 1 aromatic rings. The first-order chi connectivity index (χ1) is 8.87. The molecule has 0 bridgehead atoms. The van der Waals surface area contributed by atoms with Crippen LogP contribution in [-0.4, -0.2) is 22.1 Å². The van der Waals surface area contributed by atoms with Crippen LogP contribution < -0.4 is 16.6 Å². The van der Waals surface area contributed by atoms with E-state index in [0.717, 1.165) is 19.3 Å². The van der Waals surface area contributed by atoms with Gasteiger partial charge in [0, 0.05) is 31.0 Å². The number of rotatable bonds is 5. The Kier molecular flexibility index (Phi) is 3.94. The van der Waals surface area contributed by atoms with Crippen LogP contribution >= 0.6 is 0 Å². The fourth-order valence-corrected chi connectivity index (χ4v) is 2.27. The first kappa shape index (κ1) is 14.1. The molecule has 1 atom stereocenters. The highest BCUT2D eigenvalue weighted by atomic mass is 16.1. The highest BCUT2D eigenvalue weighted by Crippen LogP contribution is 2.33. The number of hydrogen-bond acceptors (Lipinski definition) is 4. The van der Waals surface area contributed by atoms with Crippen LogP contribution in [0.4, 0.5) is 5.82 Å². The third-order valence-corrected chi connectivity index (χ3v) is 3.21. The van der Waals surface area contributed by atoms with Gasteiger partial charge in [0.25, 0.3) is 5.56 Å². The summed E-state index contributed by atoms with van der Waals surface area (Å²) in [6, 6.07) is 0.398. The smallest absolute Gasteiger partial charge is 0.293 e. The van der Waals surface area contributed by atoms with Gasteiger partial charge in [0.05, 0.1) is 0 Å². The third kappa shape index (κ3) is 4.06. The number of nitrogens with two attached hydrogens (primary N) is 1. The fraction of sp³-hybridized carbons (Fsp3) is 0.714. The average molecular weight is 264 g/mol. The highest BCUT2D eigenvalue weighted by Gasteiger charge is 2.25. The van der Waals surface area contributed by atoms with Gasteiger partial charge in [0.1, 0.15) is 0 Å². The summed E-state index contributed by atoms with van der Waals surface area (Å²) >= 11 is 0. The topological polar surface area (TPSA) is 72.9 Å². The van der Waals surface area contributed by atoms with Crippen LogP contribution in [0.5, 0.6) is 0 Å². The molecule has 0 saturated heterocycles. The summed E-state index contributed by atoms with van der Waals surface area (Å²) in [6.45, 7) is 7.06. The summed E-state index contributed by atoms with van der Waals surface area (Å²) in [5.74, 6) is 0.416. The molecular weight excluding hydrogens is 240 g/mol. The molecule has 1 aliphatic carbocycles. The van der Waals surface area contributed by atoms with Crippen LogP contribution in [-0.2, 0) is 0 Å². The normalized spacial score (nSPS) is 17.3. The molecule has 1 saturated carbocycles. The molecule has 0 spiro atoms. The Bertz CT molecular complexity index is 485. The van der Waals surface area contributed by atoms with Crippen LogP contribution in [0, 0.1) is 5.41 Å². The van der Waals surface area contributed by atoms with Crippen molar-refractivity contribution in [3.63, 3.8) is 0 Å². The lowest BCUT2D eigenvalue weighted by atomic mass is 9.88. The van der Waals surface area contributed by atoms with Crippen molar-refractivity contribution in [2.24, 2.45) is 11.1 Å². The van der Waals surface area contributed by atoms with E-state index < -0.39 is 0 Å². The van der Waals surface area contributed by atoms with Crippen LogP contribution in [0.15, 0.2) is 17.2 Å². The van der Waals surface area contributed by atoms with Gasteiger partial charge in [-0.1, -0.05) is 20.8 Å². The second-order valence-electron chi connectivity index (χ2n) is 6.63. The predicted molar refractivity (Wildman–Crippen MR) is 77.3 cm³/mol.